The van der Waals surface area contributed by atoms with Gasteiger partial charge in [0.1, 0.15) is 12.1 Å². The molecule has 2 aromatic heterocycles. The van der Waals surface area contributed by atoms with Crippen molar-refractivity contribution >= 4 is 15.8 Å². The maximum absolute atomic E-state index is 14.2. The van der Waals surface area contributed by atoms with E-state index in [1.165, 1.54) is 22.8 Å². The average molecular weight is 447 g/mol. The second kappa shape index (κ2) is 8.60. The number of benzene rings is 1. The summed E-state index contributed by atoms with van der Waals surface area (Å²) in [5.74, 6) is 0.683. The lowest BCUT2D eigenvalue weighted by molar-refractivity contribution is 0.321. The topological polar surface area (TPSA) is 93.5 Å². The Morgan fingerprint density at radius 3 is 2.45 bits per heavy atom. The number of hydrogen-bond donors (Lipinski definition) is 0. The summed E-state index contributed by atoms with van der Waals surface area (Å²) < 4.78 is 48.2. The van der Waals surface area contributed by atoms with E-state index in [0.29, 0.717) is 31.3 Å². The van der Waals surface area contributed by atoms with Crippen LogP contribution in [0.25, 0.3) is 5.82 Å². The first-order chi connectivity index (χ1) is 14.9. The second-order valence-electron chi connectivity index (χ2n) is 7.05. The van der Waals surface area contributed by atoms with Crippen LogP contribution in [0.1, 0.15) is 12.6 Å². The zero-order valence-corrected chi connectivity index (χ0v) is 18.1. The third-order valence-electron chi connectivity index (χ3n) is 5.00. The molecule has 0 radical (unpaired) electrons. The monoisotopic (exact) mass is 446 g/mol. The van der Waals surface area contributed by atoms with Crippen LogP contribution in [-0.2, 0) is 10.0 Å². The molecule has 1 aromatic carbocycles. The lowest BCUT2D eigenvalue weighted by Crippen LogP contribution is -2.49. The molecular weight excluding hydrogens is 423 g/mol. The van der Waals surface area contributed by atoms with E-state index < -0.39 is 15.8 Å². The van der Waals surface area contributed by atoms with Crippen LogP contribution in [0.2, 0.25) is 0 Å². The maximum atomic E-state index is 14.2. The van der Waals surface area contributed by atoms with Crippen LogP contribution in [0.4, 0.5) is 10.2 Å². The van der Waals surface area contributed by atoms with Crippen LogP contribution < -0.4 is 9.64 Å². The number of aromatic nitrogens is 4. The van der Waals surface area contributed by atoms with Gasteiger partial charge in [0.05, 0.1) is 17.2 Å². The standard InChI is InChI=1S/C20H23FN6O3S/c1-3-30-18-5-4-16(12-17(18)21)31(28,29)26-10-8-25(9-11-26)19-13-20(23-14-22-19)27-7-6-15(2)24-27/h4-7,12-14H,3,8-11H2,1-2H3. The highest BCUT2D eigenvalue weighted by Gasteiger charge is 2.29. The fraction of sp³-hybridized carbons (Fsp3) is 0.350. The molecule has 31 heavy (non-hydrogen) atoms. The zero-order chi connectivity index (χ0) is 22.0. The van der Waals surface area contributed by atoms with Crippen molar-refractivity contribution in [2.24, 2.45) is 0 Å². The van der Waals surface area contributed by atoms with E-state index in [-0.39, 0.29) is 23.7 Å². The molecule has 1 aliphatic rings. The molecule has 0 bridgehead atoms. The summed E-state index contributed by atoms with van der Waals surface area (Å²) in [5.41, 5.74) is 0.879. The van der Waals surface area contributed by atoms with Crippen molar-refractivity contribution in [2.45, 2.75) is 18.7 Å². The molecule has 0 saturated carbocycles. The minimum absolute atomic E-state index is 0.0400. The molecule has 0 unspecified atom stereocenters. The highest BCUT2D eigenvalue weighted by Crippen LogP contribution is 2.25. The summed E-state index contributed by atoms with van der Waals surface area (Å²) in [4.78, 5) is 10.5. The number of halogens is 1. The lowest BCUT2D eigenvalue weighted by Gasteiger charge is -2.34. The Bertz CT molecular complexity index is 1180. The summed E-state index contributed by atoms with van der Waals surface area (Å²) >= 11 is 0. The Kier molecular flexibility index (Phi) is 5.88. The molecule has 3 heterocycles. The number of nitrogens with zero attached hydrogens (tertiary/aromatic N) is 6. The third-order valence-corrected chi connectivity index (χ3v) is 6.89. The summed E-state index contributed by atoms with van der Waals surface area (Å²) in [7, 11) is -3.81. The molecule has 3 aromatic rings. The summed E-state index contributed by atoms with van der Waals surface area (Å²) in [6, 6.07) is 7.43. The predicted molar refractivity (Wildman–Crippen MR) is 112 cm³/mol. The van der Waals surface area contributed by atoms with Crippen LogP contribution in [0, 0.1) is 12.7 Å². The number of sulfonamides is 1. The molecule has 0 aliphatic carbocycles. The van der Waals surface area contributed by atoms with Crippen LogP contribution in [0.5, 0.6) is 5.75 Å². The molecule has 164 valence electrons. The van der Waals surface area contributed by atoms with Gasteiger partial charge in [-0.2, -0.15) is 9.40 Å². The molecule has 9 nitrogen and oxygen atoms in total. The molecule has 0 spiro atoms. The first kappa shape index (κ1) is 21.2. The molecule has 0 N–H and O–H groups in total. The number of aryl methyl sites for hydroxylation is 1. The van der Waals surface area contributed by atoms with E-state index in [4.69, 9.17) is 4.74 Å². The van der Waals surface area contributed by atoms with Crippen LogP contribution in [0.3, 0.4) is 0 Å². The molecule has 1 aliphatic heterocycles. The number of hydrogen-bond acceptors (Lipinski definition) is 7. The van der Waals surface area contributed by atoms with Crippen LogP contribution >= 0.6 is 0 Å². The van der Waals surface area contributed by atoms with Gasteiger partial charge in [-0.05, 0) is 38.1 Å². The van der Waals surface area contributed by atoms with E-state index in [9.17, 15) is 12.8 Å². The number of piperazine rings is 1. The van der Waals surface area contributed by atoms with E-state index in [1.54, 1.807) is 11.6 Å². The van der Waals surface area contributed by atoms with Gasteiger partial charge in [0, 0.05) is 38.4 Å². The van der Waals surface area contributed by atoms with Gasteiger partial charge in [0.15, 0.2) is 17.4 Å². The van der Waals surface area contributed by atoms with Crippen molar-refractivity contribution < 1.29 is 17.5 Å². The Balaban J connectivity index is 1.47. The average Bonchev–Trinajstić information content (AvgIpc) is 3.22. The molecular formula is C20H23FN6O3S. The van der Waals surface area contributed by atoms with Crippen LogP contribution in [-0.4, -0.2) is 65.3 Å². The van der Waals surface area contributed by atoms with Gasteiger partial charge < -0.3 is 9.64 Å². The van der Waals surface area contributed by atoms with Gasteiger partial charge >= 0.3 is 0 Å². The van der Waals surface area contributed by atoms with Crippen molar-refractivity contribution in [2.75, 3.05) is 37.7 Å². The van der Waals surface area contributed by atoms with Crippen molar-refractivity contribution in [1.29, 1.82) is 0 Å². The van der Waals surface area contributed by atoms with E-state index >= 15 is 0 Å². The SMILES string of the molecule is CCOc1ccc(S(=O)(=O)N2CCN(c3cc(-n4ccc(C)n4)ncn3)CC2)cc1F. The largest absolute Gasteiger partial charge is 0.491 e. The smallest absolute Gasteiger partial charge is 0.243 e. The van der Waals surface area contributed by atoms with E-state index in [1.807, 2.05) is 30.2 Å². The van der Waals surface area contributed by atoms with Gasteiger partial charge in [-0.3, -0.25) is 0 Å². The molecule has 1 saturated heterocycles. The fourth-order valence-electron chi connectivity index (χ4n) is 3.40. The number of ether oxygens (including phenoxy) is 1. The summed E-state index contributed by atoms with van der Waals surface area (Å²) in [6.45, 7) is 5.36. The van der Waals surface area contributed by atoms with Crippen molar-refractivity contribution in [1.82, 2.24) is 24.1 Å². The minimum Gasteiger partial charge on any atom is -0.491 e. The molecule has 4 rings (SSSR count). The Morgan fingerprint density at radius 2 is 1.81 bits per heavy atom. The third kappa shape index (κ3) is 4.37. The first-order valence-electron chi connectivity index (χ1n) is 9.90. The minimum atomic E-state index is -3.81. The first-order valence-corrected chi connectivity index (χ1v) is 11.3. The maximum Gasteiger partial charge on any atom is 0.243 e. The fourth-order valence-corrected chi connectivity index (χ4v) is 4.83. The van der Waals surface area contributed by atoms with Crippen molar-refractivity contribution in [3.05, 3.63) is 54.4 Å². The zero-order valence-electron chi connectivity index (χ0n) is 17.3. The van der Waals surface area contributed by atoms with Gasteiger partial charge in [0.2, 0.25) is 10.0 Å². The van der Waals surface area contributed by atoms with Gasteiger partial charge in [0.25, 0.3) is 0 Å². The van der Waals surface area contributed by atoms with E-state index in [2.05, 4.69) is 15.1 Å². The predicted octanol–water partition coefficient (Wildman–Crippen LogP) is 2.02. The lowest BCUT2D eigenvalue weighted by atomic mass is 10.3. The van der Waals surface area contributed by atoms with Gasteiger partial charge in [-0.1, -0.05) is 0 Å². The molecule has 0 atom stereocenters. The van der Waals surface area contributed by atoms with E-state index in [0.717, 1.165) is 11.8 Å². The number of anilines is 1. The van der Waals surface area contributed by atoms with Gasteiger partial charge in [-0.25, -0.2) is 27.5 Å². The molecule has 11 heteroatoms. The van der Waals surface area contributed by atoms with Crippen LogP contribution in [0.15, 0.2) is 47.8 Å². The number of rotatable bonds is 6. The normalized spacial score (nSPS) is 15.3. The highest BCUT2D eigenvalue weighted by molar-refractivity contribution is 7.89. The molecule has 0 amide bonds. The molecule has 1 fully saturated rings. The summed E-state index contributed by atoms with van der Waals surface area (Å²) in [5, 5.41) is 4.35. The Morgan fingerprint density at radius 1 is 1.06 bits per heavy atom. The Labute approximate surface area is 180 Å². The quantitative estimate of drug-likeness (QED) is 0.572. The van der Waals surface area contributed by atoms with Gasteiger partial charge in [-0.15, -0.1) is 0 Å². The highest BCUT2D eigenvalue weighted by atomic mass is 32.2. The second-order valence-corrected chi connectivity index (χ2v) is 8.99. The Hall–Kier alpha value is -3.05. The van der Waals surface area contributed by atoms with Crippen molar-refractivity contribution in [3.8, 4) is 11.6 Å². The summed E-state index contributed by atoms with van der Waals surface area (Å²) in [6.07, 6.45) is 3.29. The van der Waals surface area contributed by atoms with Crippen molar-refractivity contribution in [3.63, 3.8) is 0 Å².